The van der Waals surface area contributed by atoms with Crippen LogP contribution in [0.5, 0.6) is 17.2 Å². The molecule has 1 aromatic heterocycles. The molecule has 170 valence electrons. The van der Waals surface area contributed by atoms with Crippen LogP contribution in [0.15, 0.2) is 78.6 Å². The van der Waals surface area contributed by atoms with Crippen LogP contribution in [0.2, 0.25) is 5.02 Å². The number of para-hydroxylation sites is 2. The molecule has 2 aliphatic rings. The van der Waals surface area contributed by atoms with E-state index in [1.54, 1.807) is 20.5 Å². The molecule has 0 amide bonds. The van der Waals surface area contributed by atoms with Crippen molar-refractivity contribution in [3.8, 4) is 17.2 Å². The molecule has 0 unspecified atom stereocenters. The minimum absolute atomic E-state index is 0.341. The third kappa shape index (κ3) is 3.12. The molecule has 0 saturated carbocycles. The Labute approximate surface area is 201 Å². The SMILES string of the molecule is COc1ccccc1[C@H]1C2=C(Nc3ncnn31)c1cc(Cl)ccc1O[C@@H]2c1ccccc1OC. The Bertz CT molecular complexity index is 1430. The number of hydrogen-bond acceptors (Lipinski definition) is 6. The van der Waals surface area contributed by atoms with E-state index in [9.17, 15) is 0 Å². The van der Waals surface area contributed by atoms with E-state index >= 15 is 0 Å². The molecule has 0 radical (unpaired) electrons. The Morgan fingerprint density at radius 1 is 0.941 bits per heavy atom. The molecule has 4 aromatic rings. The Morgan fingerprint density at radius 2 is 1.65 bits per heavy atom. The van der Waals surface area contributed by atoms with E-state index in [-0.39, 0.29) is 6.04 Å². The number of hydrogen-bond donors (Lipinski definition) is 1. The van der Waals surface area contributed by atoms with Gasteiger partial charge in [0.2, 0.25) is 5.95 Å². The van der Waals surface area contributed by atoms with Crippen LogP contribution in [0.3, 0.4) is 0 Å². The predicted molar refractivity (Wildman–Crippen MR) is 130 cm³/mol. The van der Waals surface area contributed by atoms with Crippen molar-refractivity contribution in [3.05, 3.63) is 100 Å². The Hall–Kier alpha value is -3.97. The van der Waals surface area contributed by atoms with Crippen LogP contribution in [0.4, 0.5) is 5.95 Å². The van der Waals surface area contributed by atoms with Crippen LogP contribution in [0.25, 0.3) is 5.70 Å². The first-order valence-electron chi connectivity index (χ1n) is 10.8. The zero-order valence-corrected chi connectivity index (χ0v) is 19.3. The van der Waals surface area contributed by atoms with Gasteiger partial charge in [0.1, 0.15) is 29.6 Å². The van der Waals surface area contributed by atoms with Gasteiger partial charge < -0.3 is 19.5 Å². The lowest BCUT2D eigenvalue weighted by Crippen LogP contribution is -2.32. The quantitative estimate of drug-likeness (QED) is 0.422. The minimum Gasteiger partial charge on any atom is -0.496 e. The van der Waals surface area contributed by atoms with Crippen molar-refractivity contribution in [2.75, 3.05) is 19.5 Å². The van der Waals surface area contributed by atoms with Gasteiger partial charge in [0.05, 0.1) is 19.9 Å². The van der Waals surface area contributed by atoms with Crippen LogP contribution in [0.1, 0.15) is 28.8 Å². The first kappa shape index (κ1) is 20.6. The fourth-order valence-electron chi connectivity index (χ4n) is 4.77. The molecule has 6 rings (SSSR count). The summed E-state index contributed by atoms with van der Waals surface area (Å²) < 4.78 is 20.0. The summed E-state index contributed by atoms with van der Waals surface area (Å²) in [6.07, 6.45) is 1.08. The molecule has 8 heteroatoms. The van der Waals surface area contributed by atoms with Gasteiger partial charge in [0.25, 0.3) is 0 Å². The van der Waals surface area contributed by atoms with Crippen molar-refractivity contribution in [3.63, 3.8) is 0 Å². The fourth-order valence-corrected chi connectivity index (χ4v) is 4.95. The molecular formula is C26H21ClN4O3. The number of benzene rings is 3. The first-order chi connectivity index (χ1) is 16.7. The number of aromatic nitrogens is 3. The van der Waals surface area contributed by atoms with Crippen molar-refractivity contribution in [2.24, 2.45) is 0 Å². The Morgan fingerprint density at radius 3 is 2.41 bits per heavy atom. The lowest BCUT2D eigenvalue weighted by atomic mass is 9.84. The molecule has 2 atom stereocenters. The van der Waals surface area contributed by atoms with E-state index in [0.717, 1.165) is 45.2 Å². The van der Waals surface area contributed by atoms with E-state index in [4.69, 9.17) is 25.8 Å². The Balaban J connectivity index is 1.67. The van der Waals surface area contributed by atoms with Gasteiger partial charge in [-0.25, -0.2) is 4.68 Å². The monoisotopic (exact) mass is 472 g/mol. The van der Waals surface area contributed by atoms with Gasteiger partial charge in [-0.3, -0.25) is 0 Å². The van der Waals surface area contributed by atoms with E-state index in [1.165, 1.54) is 0 Å². The molecule has 3 aromatic carbocycles. The summed E-state index contributed by atoms with van der Waals surface area (Å²) in [5.41, 5.74) is 4.56. The minimum atomic E-state index is -0.459. The predicted octanol–water partition coefficient (Wildman–Crippen LogP) is 5.51. The molecule has 1 N–H and O–H groups in total. The first-order valence-corrected chi connectivity index (χ1v) is 11.2. The summed E-state index contributed by atoms with van der Waals surface area (Å²) in [6.45, 7) is 0. The third-order valence-corrected chi connectivity index (χ3v) is 6.47. The van der Waals surface area contributed by atoms with Crippen molar-refractivity contribution in [1.29, 1.82) is 0 Å². The highest BCUT2D eigenvalue weighted by Crippen LogP contribution is 2.53. The average Bonchev–Trinajstić information content (AvgIpc) is 3.35. The van der Waals surface area contributed by atoms with Crippen LogP contribution >= 0.6 is 11.6 Å². The van der Waals surface area contributed by atoms with Gasteiger partial charge in [-0.05, 0) is 30.3 Å². The van der Waals surface area contributed by atoms with Crippen molar-refractivity contribution < 1.29 is 14.2 Å². The van der Waals surface area contributed by atoms with Crippen molar-refractivity contribution >= 4 is 23.2 Å². The van der Waals surface area contributed by atoms with Gasteiger partial charge in [-0.1, -0.05) is 48.0 Å². The smallest absolute Gasteiger partial charge is 0.226 e. The highest BCUT2D eigenvalue weighted by molar-refractivity contribution is 6.30. The van der Waals surface area contributed by atoms with Crippen molar-refractivity contribution in [1.82, 2.24) is 14.8 Å². The molecule has 0 bridgehead atoms. The normalized spacial score (nSPS) is 18.2. The second-order valence-corrected chi connectivity index (χ2v) is 8.44. The maximum Gasteiger partial charge on any atom is 0.226 e. The number of nitrogens with zero attached hydrogens (tertiary/aromatic N) is 3. The number of methoxy groups -OCH3 is 2. The Kier molecular flexibility index (Phi) is 4.92. The maximum atomic E-state index is 6.66. The molecule has 34 heavy (non-hydrogen) atoms. The largest absolute Gasteiger partial charge is 0.496 e. The van der Waals surface area contributed by atoms with E-state index < -0.39 is 6.10 Å². The highest BCUT2D eigenvalue weighted by Gasteiger charge is 2.42. The van der Waals surface area contributed by atoms with Gasteiger partial charge in [-0.15, -0.1) is 0 Å². The average molecular weight is 473 g/mol. The lowest BCUT2D eigenvalue weighted by Gasteiger charge is -2.39. The number of rotatable bonds is 4. The summed E-state index contributed by atoms with van der Waals surface area (Å²) in [5.74, 6) is 2.83. The molecule has 0 aliphatic carbocycles. The van der Waals surface area contributed by atoms with Crippen LogP contribution in [-0.4, -0.2) is 29.0 Å². The topological polar surface area (TPSA) is 70.4 Å². The van der Waals surface area contributed by atoms with Crippen LogP contribution < -0.4 is 19.5 Å². The molecule has 0 fully saturated rings. The standard InChI is InChI=1S/C26H21ClN4O3/c1-32-19-9-5-3-7-16(19)24-22-23(30-26-28-14-29-31(24)26)18-13-15(27)11-12-21(18)34-25(22)17-8-4-6-10-20(17)33-2/h3-14,24-25H,1-2H3,(H,28,29,30)/t24-,25+/m0/s1. The summed E-state index contributed by atoms with van der Waals surface area (Å²) in [5, 5.41) is 8.67. The molecule has 2 aliphatic heterocycles. The maximum absolute atomic E-state index is 6.66. The van der Waals surface area contributed by atoms with Crippen LogP contribution in [-0.2, 0) is 0 Å². The summed E-state index contributed by atoms with van der Waals surface area (Å²) in [7, 11) is 3.33. The molecule has 7 nitrogen and oxygen atoms in total. The van der Waals surface area contributed by atoms with Gasteiger partial charge in [0.15, 0.2) is 6.10 Å². The summed E-state index contributed by atoms with van der Waals surface area (Å²) in [4.78, 5) is 4.47. The summed E-state index contributed by atoms with van der Waals surface area (Å²) in [6, 6.07) is 21.1. The lowest BCUT2D eigenvalue weighted by molar-refractivity contribution is 0.217. The number of halogens is 1. The molecule has 0 saturated heterocycles. The van der Waals surface area contributed by atoms with Gasteiger partial charge in [0, 0.05) is 27.3 Å². The number of anilines is 1. The van der Waals surface area contributed by atoms with Crippen LogP contribution in [0, 0.1) is 0 Å². The highest BCUT2D eigenvalue weighted by atomic mass is 35.5. The number of ether oxygens (including phenoxy) is 3. The van der Waals surface area contributed by atoms with E-state index in [2.05, 4.69) is 15.4 Å². The fraction of sp³-hybridized carbons (Fsp3) is 0.154. The number of fused-ring (bicyclic) bond motifs is 3. The summed E-state index contributed by atoms with van der Waals surface area (Å²) >= 11 is 6.41. The third-order valence-electron chi connectivity index (χ3n) is 6.23. The van der Waals surface area contributed by atoms with E-state index in [1.807, 2.05) is 71.4 Å². The molecular weight excluding hydrogens is 452 g/mol. The van der Waals surface area contributed by atoms with Crippen molar-refractivity contribution in [2.45, 2.75) is 12.1 Å². The molecule has 3 heterocycles. The van der Waals surface area contributed by atoms with Gasteiger partial charge in [-0.2, -0.15) is 10.1 Å². The molecule has 0 spiro atoms. The number of nitrogens with one attached hydrogen (secondary N) is 1. The zero-order valence-electron chi connectivity index (χ0n) is 18.5. The zero-order chi connectivity index (χ0) is 23.2. The van der Waals surface area contributed by atoms with Gasteiger partial charge >= 0.3 is 0 Å². The second kappa shape index (κ2) is 8.11. The second-order valence-electron chi connectivity index (χ2n) is 8.01. The van der Waals surface area contributed by atoms with E-state index in [0.29, 0.717) is 11.0 Å².